The number of hydrogen-bond donors (Lipinski definition) is 0. The Morgan fingerprint density at radius 1 is 1.00 bits per heavy atom. The van der Waals surface area contributed by atoms with Crippen LogP contribution in [0.3, 0.4) is 0 Å². The number of hydrogen-bond acceptors (Lipinski definition) is 7. The van der Waals surface area contributed by atoms with Gasteiger partial charge in [-0.25, -0.2) is 0 Å². The second-order valence-corrected chi connectivity index (χ2v) is 8.61. The number of carbonyl (C=O) groups is 1. The van der Waals surface area contributed by atoms with Gasteiger partial charge >= 0.3 is 0 Å². The number of ether oxygens (including phenoxy) is 2. The van der Waals surface area contributed by atoms with Gasteiger partial charge in [-0.15, -0.1) is 15.3 Å². The van der Waals surface area contributed by atoms with Gasteiger partial charge in [0.05, 0.1) is 6.61 Å². The van der Waals surface area contributed by atoms with Gasteiger partial charge in [-0.05, 0) is 44.0 Å². The summed E-state index contributed by atoms with van der Waals surface area (Å²) in [5.41, 5.74) is 0.734. The normalized spacial score (nSPS) is 18.0. The van der Waals surface area contributed by atoms with Gasteiger partial charge in [0, 0.05) is 44.9 Å². The number of benzene rings is 1. The van der Waals surface area contributed by atoms with Crippen molar-refractivity contribution in [2.24, 2.45) is 5.92 Å². The molecule has 0 saturated carbocycles. The molecule has 1 amide bonds. The third kappa shape index (κ3) is 4.72. The maximum Gasteiger partial charge on any atom is 0.225 e. The van der Waals surface area contributed by atoms with Gasteiger partial charge in [-0.3, -0.25) is 4.79 Å². The number of piperidine rings is 2. The first-order valence-electron chi connectivity index (χ1n) is 11.8. The van der Waals surface area contributed by atoms with Gasteiger partial charge < -0.3 is 19.3 Å². The molecule has 0 radical (unpaired) electrons. The molecule has 2 aromatic heterocycles. The highest BCUT2D eigenvalue weighted by atomic mass is 16.5. The fourth-order valence-electron chi connectivity index (χ4n) is 4.70. The first-order valence-corrected chi connectivity index (χ1v) is 11.8. The molecule has 9 heteroatoms. The van der Waals surface area contributed by atoms with E-state index in [2.05, 4.69) is 20.2 Å². The van der Waals surface area contributed by atoms with Crippen LogP contribution in [-0.2, 0) is 4.79 Å². The van der Waals surface area contributed by atoms with E-state index in [0.717, 1.165) is 74.8 Å². The van der Waals surface area contributed by atoms with Crippen LogP contribution in [0.4, 0.5) is 5.82 Å². The van der Waals surface area contributed by atoms with E-state index in [9.17, 15) is 4.79 Å². The SMILES string of the molecule is CCOc1ccccc1OC1CCN(C(=O)C2CCN(c3ccc4nncn4n3)CC2)CC1. The van der Waals surface area contributed by atoms with E-state index in [0.29, 0.717) is 6.61 Å². The zero-order valence-electron chi connectivity index (χ0n) is 19.0. The minimum atomic E-state index is 0.0797. The predicted molar refractivity (Wildman–Crippen MR) is 124 cm³/mol. The molecule has 9 nitrogen and oxygen atoms in total. The number of anilines is 1. The number of carbonyl (C=O) groups excluding carboxylic acids is 1. The quantitative estimate of drug-likeness (QED) is 0.571. The van der Waals surface area contributed by atoms with Crippen LogP contribution in [0.2, 0.25) is 0 Å². The molecule has 0 bridgehead atoms. The average Bonchev–Trinajstić information content (AvgIpc) is 3.34. The summed E-state index contributed by atoms with van der Waals surface area (Å²) >= 11 is 0. The van der Waals surface area contributed by atoms with Gasteiger partial charge in [-0.2, -0.15) is 4.52 Å². The minimum absolute atomic E-state index is 0.0797. The highest BCUT2D eigenvalue weighted by Crippen LogP contribution is 2.30. The lowest BCUT2D eigenvalue weighted by molar-refractivity contribution is -0.138. The van der Waals surface area contributed by atoms with Crippen LogP contribution in [0.5, 0.6) is 11.5 Å². The summed E-state index contributed by atoms with van der Waals surface area (Å²) in [4.78, 5) is 17.4. The third-order valence-corrected chi connectivity index (χ3v) is 6.51. The van der Waals surface area contributed by atoms with E-state index in [1.165, 1.54) is 0 Å². The van der Waals surface area contributed by atoms with E-state index in [1.54, 1.807) is 10.8 Å². The maximum atomic E-state index is 13.2. The Morgan fingerprint density at radius 3 is 2.52 bits per heavy atom. The summed E-state index contributed by atoms with van der Waals surface area (Å²) in [6.45, 7) is 5.71. The lowest BCUT2D eigenvalue weighted by Crippen LogP contribution is -2.47. The zero-order chi connectivity index (χ0) is 22.6. The van der Waals surface area contributed by atoms with Crippen molar-refractivity contribution in [3.63, 3.8) is 0 Å². The van der Waals surface area contributed by atoms with Crippen LogP contribution < -0.4 is 14.4 Å². The average molecular weight is 451 g/mol. The molecule has 174 valence electrons. The van der Waals surface area contributed by atoms with E-state index in [-0.39, 0.29) is 17.9 Å². The smallest absolute Gasteiger partial charge is 0.225 e. The fraction of sp³-hybridized carbons (Fsp3) is 0.500. The number of fused-ring (bicyclic) bond motifs is 1. The number of aromatic nitrogens is 4. The van der Waals surface area contributed by atoms with Crippen molar-refractivity contribution in [3.8, 4) is 11.5 Å². The van der Waals surface area contributed by atoms with E-state index in [1.807, 2.05) is 48.2 Å². The van der Waals surface area contributed by atoms with E-state index < -0.39 is 0 Å². The second kappa shape index (κ2) is 9.64. The Morgan fingerprint density at radius 2 is 1.76 bits per heavy atom. The highest BCUT2D eigenvalue weighted by molar-refractivity contribution is 5.79. The van der Waals surface area contributed by atoms with Crippen LogP contribution in [0, 0.1) is 5.92 Å². The predicted octanol–water partition coefficient (Wildman–Crippen LogP) is 2.81. The molecule has 0 N–H and O–H groups in total. The topological polar surface area (TPSA) is 85.1 Å². The molecular formula is C24H30N6O3. The van der Waals surface area contributed by atoms with Crippen LogP contribution in [-0.4, -0.2) is 69.5 Å². The van der Waals surface area contributed by atoms with Gasteiger partial charge in [0.25, 0.3) is 0 Å². The Hall–Kier alpha value is -3.36. The summed E-state index contributed by atoms with van der Waals surface area (Å²) in [6, 6.07) is 11.7. The molecule has 2 aliphatic heterocycles. The number of amides is 1. The molecule has 0 spiro atoms. The van der Waals surface area contributed by atoms with Crippen molar-refractivity contribution in [1.82, 2.24) is 24.7 Å². The summed E-state index contributed by atoms with van der Waals surface area (Å²) in [5.74, 6) is 2.83. The molecule has 3 aromatic rings. The summed E-state index contributed by atoms with van der Waals surface area (Å²) in [5, 5.41) is 12.5. The Balaban J connectivity index is 1.11. The van der Waals surface area contributed by atoms with E-state index in [4.69, 9.17) is 9.47 Å². The molecule has 33 heavy (non-hydrogen) atoms. The first-order chi connectivity index (χ1) is 16.2. The van der Waals surface area contributed by atoms with Crippen molar-refractivity contribution >= 4 is 17.4 Å². The fourth-order valence-corrected chi connectivity index (χ4v) is 4.70. The molecule has 4 heterocycles. The Kier molecular flexibility index (Phi) is 6.28. The highest BCUT2D eigenvalue weighted by Gasteiger charge is 2.32. The molecule has 1 aromatic carbocycles. The van der Waals surface area contributed by atoms with Crippen molar-refractivity contribution < 1.29 is 14.3 Å². The number of nitrogens with zero attached hydrogens (tertiary/aromatic N) is 6. The second-order valence-electron chi connectivity index (χ2n) is 8.61. The monoisotopic (exact) mass is 450 g/mol. The number of para-hydroxylation sites is 2. The first kappa shape index (κ1) is 21.5. The lowest BCUT2D eigenvalue weighted by Gasteiger charge is -2.37. The van der Waals surface area contributed by atoms with Gasteiger partial charge in [0.15, 0.2) is 17.1 Å². The Bertz CT molecular complexity index is 1090. The molecule has 2 aliphatic rings. The Labute approximate surface area is 193 Å². The molecule has 2 saturated heterocycles. The molecule has 0 aliphatic carbocycles. The lowest BCUT2D eigenvalue weighted by atomic mass is 9.94. The number of likely N-dealkylation sites (tertiary alicyclic amines) is 1. The van der Waals surface area contributed by atoms with E-state index >= 15 is 0 Å². The summed E-state index contributed by atoms with van der Waals surface area (Å²) in [6.07, 6.45) is 5.09. The van der Waals surface area contributed by atoms with Gasteiger partial charge in [0.1, 0.15) is 18.2 Å². The molecular weight excluding hydrogens is 420 g/mol. The zero-order valence-corrected chi connectivity index (χ0v) is 19.0. The summed E-state index contributed by atoms with van der Waals surface area (Å²) in [7, 11) is 0. The van der Waals surface area contributed by atoms with Crippen molar-refractivity contribution in [2.45, 2.75) is 38.7 Å². The van der Waals surface area contributed by atoms with Crippen LogP contribution in [0.15, 0.2) is 42.7 Å². The van der Waals surface area contributed by atoms with Crippen LogP contribution >= 0.6 is 0 Å². The molecule has 2 fully saturated rings. The minimum Gasteiger partial charge on any atom is -0.490 e. The summed E-state index contributed by atoms with van der Waals surface area (Å²) < 4.78 is 13.6. The van der Waals surface area contributed by atoms with Crippen molar-refractivity contribution in [2.75, 3.05) is 37.7 Å². The third-order valence-electron chi connectivity index (χ3n) is 6.51. The standard InChI is InChI=1S/C24H30N6O3/c1-2-32-20-5-3-4-6-21(20)33-19-11-15-29(16-12-19)24(31)18-9-13-28(14-10-18)23-8-7-22-26-25-17-30(22)27-23/h3-8,17-19H,2,9-16H2,1H3. The molecule has 0 unspecified atom stereocenters. The maximum absolute atomic E-state index is 13.2. The van der Waals surface area contributed by atoms with Crippen LogP contribution in [0.1, 0.15) is 32.6 Å². The van der Waals surface area contributed by atoms with Gasteiger partial charge in [0.2, 0.25) is 5.91 Å². The van der Waals surface area contributed by atoms with Crippen molar-refractivity contribution in [1.29, 1.82) is 0 Å². The van der Waals surface area contributed by atoms with Crippen molar-refractivity contribution in [3.05, 3.63) is 42.7 Å². The molecule has 0 atom stereocenters. The van der Waals surface area contributed by atoms with Crippen LogP contribution in [0.25, 0.3) is 5.65 Å². The van der Waals surface area contributed by atoms with Gasteiger partial charge in [-0.1, -0.05) is 12.1 Å². The largest absolute Gasteiger partial charge is 0.490 e. The molecule has 5 rings (SSSR count). The number of rotatable bonds is 6.